The maximum absolute atomic E-state index is 5.90. The largest absolute Gasteiger partial charge is 0.361 e. The van der Waals surface area contributed by atoms with Crippen LogP contribution in [0.3, 0.4) is 0 Å². The van der Waals surface area contributed by atoms with Crippen molar-refractivity contribution in [2.75, 3.05) is 0 Å². The average Bonchev–Trinajstić information content (AvgIpc) is 2.40. The Hall–Kier alpha value is -1.67. The molecule has 0 spiro atoms. The van der Waals surface area contributed by atoms with E-state index in [-0.39, 0.29) is 0 Å². The van der Waals surface area contributed by atoms with Crippen LogP contribution in [-0.4, -0.2) is 0 Å². The third-order valence-electron chi connectivity index (χ3n) is 2.68. The molecule has 0 aliphatic rings. The third-order valence-corrected chi connectivity index (χ3v) is 3.34. The highest BCUT2D eigenvalue weighted by atomic mass is 79.9. The zero-order valence-electron chi connectivity index (χ0n) is 9.06. The topological polar surface area (TPSA) is 11.3 Å². The van der Waals surface area contributed by atoms with E-state index in [0.717, 1.165) is 26.8 Å². The van der Waals surface area contributed by atoms with Gasteiger partial charge in [-0.1, -0.05) is 30.3 Å². The first-order chi connectivity index (χ1) is 8.34. The Morgan fingerprint density at radius 2 is 1.53 bits per heavy atom. The van der Waals surface area contributed by atoms with Gasteiger partial charge in [0, 0.05) is 10.5 Å². The molecule has 0 saturated heterocycles. The summed E-state index contributed by atoms with van der Waals surface area (Å²) in [7, 11) is 0. The first-order valence-electron chi connectivity index (χ1n) is 5.41. The minimum atomic E-state index is 0.871. The second-order valence-electron chi connectivity index (χ2n) is 3.82. The van der Waals surface area contributed by atoms with Crippen LogP contribution in [0.25, 0.3) is 22.3 Å². The fourth-order valence-corrected chi connectivity index (χ4v) is 2.37. The second-order valence-corrected chi connectivity index (χ2v) is 4.68. The van der Waals surface area contributed by atoms with Crippen molar-refractivity contribution in [1.29, 1.82) is 0 Å². The SMILES string of the molecule is Brc1cc(-c2ccccc2)[o+]c2ccccc12. The molecule has 0 aliphatic heterocycles. The molecule has 1 heterocycles. The highest BCUT2D eigenvalue weighted by molar-refractivity contribution is 9.10. The summed E-state index contributed by atoms with van der Waals surface area (Å²) in [6.07, 6.45) is 0. The maximum Gasteiger partial charge on any atom is 0.361 e. The van der Waals surface area contributed by atoms with E-state index < -0.39 is 0 Å². The standard InChI is InChI=1S/C15H10BrO/c16-13-10-15(11-6-2-1-3-7-11)17-14-9-5-4-8-12(13)14/h1-10H/q+1. The second kappa shape index (κ2) is 4.30. The number of para-hydroxylation sites is 1. The lowest BCUT2D eigenvalue weighted by molar-refractivity contribution is 0.619. The van der Waals surface area contributed by atoms with Crippen molar-refractivity contribution >= 4 is 26.9 Å². The average molecular weight is 286 g/mol. The number of benzene rings is 2. The lowest BCUT2D eigenvalue weighted by Crippen LogP contribution is -1.80. The molecule has 3 aromatic rings. The van der Waals surface area contributed by atoms with Crippen molar-refractivity contribution in [3.8, 4) is 11.3 Å². The summed E-state index contributed by atoms with van der Waals surface area (Å²) in [4.78, 5) is 0. The van der Waals surface area contributed by atoms with Gasteiger partial charge in [-0.05, 0) is 34.1 Å². The highest BCUT2D eigenvalue weighted by Crippen LogP contribution is 2.30. The van der Waals surface area contributed by atoms with E-state index in [1.165, 1.54) is 0 Å². The molecule has 0 amide bonds. The summed E-state index contributed by atoms with van der Waals surface area (Å²) in [5.74, 6) is 0.871. The van der Waals surface area contributed by atoms with Gasteiger partial charge in [0.1, 0.15) is 0 Å². The minimum absolute atomic E-state index is 0.871. The first kappa shape index (κ1) is 10.5. The molecule has 0 atom stereocenters. The fourth-order valence-electron chi connectivity index (χ4n) is 1.84. The van der Waals surface area contributed by atoms with Crippen molar-refractivity contribution in [1.82, 2.24) is 0 Å². The molecule has 0 radical (unpaired) electrons. The van der Waals surface area contributed by atoms with Crippen molar-refractivity contribution in [2.45, 2.75) is 0 Å². The van der Waals surface area contributed by atoms with Crippen molar-refractivity contribution in [3.63, 3.8) is 0 Å². The summed E-state index contributed by atoms with van der Waals surface area (Å²) >= 11 is 3.58. The van der Waals surface area contributed by atoms with Crippen molar-refractivity contribution in [2.24, 2.45) is 0 Å². The van der Waals surface area contributed by atoms with E-state index in [9.17, 15) is 0 Å². The number of fused-ring (bicyclic) bond motifs is 1. The van der Waals surface area contributed by atoms with Crippen LogP contribution in [0.4, 0.5) is 0 Å². The fraction of sp³-hybridized carbons (Fsp3) is 0. The van der Waals surface area contributed by atoms with Crippen LogP contribution >= 0.6 is 15.9 Å². The lowest BCUT2D eigenvalue weighted by Gasteiger charge is -1.95. The highest BCUT2D eigenvalue weighted by Gasteiger charge is 2.16. The Balaban J connectivity index is 2.26. The van der Waals surface area contributed by atoms with Crippen molar-refractivity contribution < 1.29 is 4.42 Å². The van der Waals surface area contributed by atoms with Gasteiger partial charge in [0.15, 0.2) is 0 Å². The molecule has 0 N–H and O–H groups in total. The summed E-state index contributed by atoms with van der Waals surface area (Å²) in [5, 5.41) is 1.09. The Labute approximate surface area is 108 Å². The van der Waals surface area contributed by atoms with Gasteiger partial charge in [0.05, 0.1) is 17.0 Å². The van der Waals surface area contributed by atoms with E-state index in [2.05, 4.69) is 15.9 Å². The third kappa shape index (κ3) is 1.96. The molecule has 0 aliphatic carbocycles. The van der Waals surface area contributed by atoms with Crippen LogP contribution in [0.2, 0.25) is 0 Å². The van der Waals surface area contributed by atoms with Gasteiger partial charge < -0.3 is 0 Å². The van der Waals surface area contributed by atoms with Gasteiger partial charge in [-0.15, -0.1) is 0 Å². The molecule has 1 nitrogen and oxygen atoms in total. The lowest BCUT2D eigenvalue weighted by atomic mass is 10.1. The van der Waals surface area contributed by atoms with Crippen LogP contribution in [0, 0.1) is 0 Å². The van der Waals surface area contributed by atoms with E-state index in [1.807, 2.05) is 60.7 Å². The molecular weight excluding hydrogens is 276 g/mol. The zero-order chi connectivity index (χ0) is 11.7. The molecule has 2 aromatic carbocycles. The maximum atomic E-state index is 5.90. The minimum Gasteiger partial charge on any atom is -0.207 e. The summed E-state index contributed by atoms with van der Waals surface area (Å²) in [5.41, 5.74) is 1.97. The van der Waals surface area contributed by atoms with E-state index in [4.69, 9.17) is 4.42 Å². The molecule has 82 valence electrons. The Morgan fingerprint density at radius 3 is 2.35 bits per heavy atom. The van der Waals surface area contributed by atoms with Crippen molar-refractivity contribution in [3.05, 3.63) is 65.1 Å². The van der Waals surface area contributed by atoms with Gasteiger partial charge in [0.25, 0.3) is 0 Å². The Bertz CT molecular complexity index is 662. The molecule has 0 fully saturated rings. The number of rotatable bonds is 1. The van der Waals surface area contributed by atoms with E-state index in [1.54, 1.807) is 0 Å². The summed E-state index contributed by atoms with van der Waals surface area (Å²) < 4.78 is 6.95. The van der Waals surface area contributed by atoms with Crippen LogP contribution in [0.5, 0.6) is 0 Å². The van der Waals surface area contributed by atoms with Gasteiger partial charge >= 0.3 is 11.3 Å². The van der Waals surface area contributed by atoms with E-state index >= 15 is 0 Å². The molecule has 2 heteroatoms. The molecule has 0 unspecified atom stereocenters. The molecule has 1 aromatic heterocycles. The number of hydrogen-bond acceptors (Lipinski definition) is 0. The summed E-state index contributed by atoms with van der Waals surface area (Å²) in [6.45, 7) is 0. The smallest absolute Gasteiger partial charge is 0.207 e. The van der Waals surface area contributed by atoms with Gasteiger partial charge in [-0.2, -0.15) is 0 Å². The Morgan fingerprint density at radius 1 is 0.824 bits per heavy atom. The molecule has 3 rings (SSSR count). The first-order valence-corrected chi connectivity index (χ1v) is 6.21. The van der Waals surface area contributed by atoms with Crippen LogP contribution < -0.4 is 0 Å². The number of hydrogen-bond donors (Lipinski definition) is 0. The monoisotopic (exact) mass is 285 g/mol. The molecule has 0 bridgehead atoms. The van der Waals surface area contributed by atoms with Crippen LogP contribution in [0.15, 0.2) is 69.6 Å². The predicted molar refractivity (Wildman–Crippen MR) is 73.8 cm³/mol. The van der Waals surface area contributed by atoms with Gasteiger partial charge in [0.2, 0.25) is 0 Å². The molecule has 17 heavy (non-hydrogen) atoms. The normalized spacial score (nSPS) is 10.6. The Kier molecular flexibility index (Phi) is 2.65. The van der Waals surface area contributed by atoms with E-state index in [0.29, 0.717) is 0 Å². The van der Waals surface area contributed by atoms with Crippen LogP contribution in [0.1, 0.15) is 0 Å². The zero-order valence-corrected chi connectivity index (χ0v) is 10.6. The van der Waals surface area contributed by atoms with Gasteiger partial charge in [-0.3, -0.25) is 0 Å². The predicted octanol–water partition coefficient (Wildman–Crippen LogP) is 5.14. The summed E-state index contributed by atoms with van der Waals surface area (Å²) in [6, 6.07) is 20.1. The van der Waals surface area contributed by atoms with Gasteiger partial charge in [-0.25, -0.2) is 4.42 Å². The van der Waals surface area contributed by atoms with Crippen LogP contribution in [-0.2, 0) is 0 Å². The molecular formula is C15H10BrO+. The molecule has 0 saturated carbocycles. The quantitative estimate of drug-likeness (QED) is 0.563. The number of halogens is 1.